The molecule has 6 nitrogen and oxygen atoms in total. The average molecular weight is 371 g/mol. The molecule has 0 N–H and O–H groups in total. The van der Waals surface area contributed by atoms with E-state index in [-0.39, 0.29) is 5.91 Å². The molecule has 1 saturated heterocycles. The molecule has 144 valence electrons. The Bertz CT molecular complexity index is 778. The predicted octanol–water partition coefficient (Wildman–Crippen LogP) is 3.35. The lowest BCUT2D eigenvalue weighted by Crippen LogP contribution is -2.28. The molecule has 1 heterocycles. The van der Waals surface area contributed by atoms with Crippen molar-refractivity contribution in [2.45, 2.75) is 12.3 Å². The molecule has 0 radical (unpaired) electrons. The minimum atomic E-state index is -0.0368. The van der Waals surface area contributed by atoms with Crippen LogP contribution in [0, 0.1) is 0 Å². The van der Waals surface area contributed by atoms with E-state index in [0.29, 0.717) is 41.8 Å². The Morgan fingerprint density at radius 1 is 0.926 bits per heavy atom. The van der Waals surface area contributed by atoms with Crippen molar-refractivity contribution in [1.82, 2.24) is 4.90 Å². The molecule has 1 amide bonds. The molecule has 0 aromatic heterocycles. The van der Waals surface area contributed by atoms with Crippen LogP contribution >= 0.6 is 0 Å². The fraction of sp³-hybridized carbons (Fsp3) is 0.381. The van der Waals surface area contributed by atoms with Crippen LogP contribution < -0.4 is 18.9 Å². The maximum Gasteiger partial charge on any atom is 0.254 e. The van der Waals surface area contributed by atoms with Gasteiger partial charge in [-0.05, 0) is 36.2 Å². The van der Waals surface area contributed by atoms with E-state index in [4.69, 9.17) is 18.9 Å². The second-order valence-electron chi connectivity index (χ2n) is 6.42. The first-order valence-electron chi connectivity index (χ1n) is 8.84. The summed E-state index contributed by atoms with van der Waals surface area (Å²) in [4.78, 5) is 14.9. The zero-order valence-electron chi connectivity index (χ0n) is 16.2. The van der Waals surface area contributed by atoms with E-state index in [1.54, 1.807) is 40.6 Å². The summed E-state index contributed by atoms with van der Waals surface area (Å²) >= 11 is 0. The number of likely N-dealkylation sites (tertiary alicyclic amines) is 1. The highest BCUT2D eigenvalue weighted by molar-refractivity contribution is 5.96. The molecule has 2 aromatic rings. The third-order valence-corrected chi connectivity index (χ3v) is 4.97. The molecule has 0 aliphatic carbocycles. The van der Waals surface area contributed by atoms with Crippen molar-refractivity contribution < 1.29 is 23.7 Å². The number of hydrogen-bond acceptors (Lipinski definition) is 5. The van der Waals surface area contributed by atoms with Crippen molar-refractivity contribution in [3.05, 3.63) is 47.5 Å². The minimum Gasteiger partial charge on any atom is -0.497 e. The van der Waals surface area contributed by atoms with Crippen LogP contribution in [0.4, 0.5) is 0 Å². The predicted molar refractivity (Wildman–Crippen MR) is 102 cm³/mol. The van der Waals surface area contributed by atoms with Crippen LogP contribution in [0.3, 0.4) is 0 Å². The summed E-state index contributed by atoms with van der Waals surface area (Å²) in [6, 6.07) is 11.4. The van der Waals surface area contributed by atoms with Gasteiger partial charge in [-0.2, -0.15) is 0 Å². The molecule has 6 heteroatoms. The second-order valence-corrected chi connectivity index (χ2v) is 6.42. The minimum absolute atomic E-state index is 0.0368. The van der Waals surface area contributed by atoms with Gasteiger partial charge in [0.05, 0.1) is 28.4 Å². The Morgan fingerprint density at radius 2 is 1.56 bits per heavy atom. The molecule has 0 saturated carbocycles. The molecule has 1 aliphatic heterocycles. The number of benzene rings is 2. The monoisotopic (exact) mass is 371 g/mol. The lowest BCUT2D eigenvalue weighted by atomic mass is 9.98. The first-order chi connectivity index (χ1) is 13.1. The van der Waals surface area contributed by atoms with Crippen molar-refractivity contribution in [2.75, 3.05) is 41.5 Å². The largest absolute Gasteiger partial charge is 0.497 e. The number of carbonyl (C=O) groups is 1. The van der Waals surface area contributed by atoms with Crippen molar-refractivity contribution in [1.29, 1.82) is 0 Å². The number of ether oxygens (including phenoxy) is 4. The molecule has 0 bridgehead atoms. The van der Waals surface area contributed by atoms with Gasteiger partial charge in [0.2, 0.25) is 5.75 Å². The zero-order chi connectivity index (χ0) is 19.4. The molecule has 2 aromatic carbocycles. The fourth-order valence-corrected chi connectivity index (χ4v) is 3.48. The highest BCUT2D eigenvalue weighted by atomic mass is 16.5. The third kappa shape index (κ3) is 3.79. The van der Waals surface area contributed by atoms with Gasteiger partial charge in [0.15, 0.2) is 11.5 Å². The van der Waals surface area contributed by atoms with Crippen molar-refractivity contribution in [2.24, 2.45) is 0 Å². The molecule has 27 heavy (non-hydrogen) atoms. The molecule has 1 unspecified atom stereocenters. The van der Waals surface area contributed by atoms with E-state index >= 15 is 0 Å². The number of nitrogens with zero attached hydrogens (tertiary/aromatic N) is 1. The second kappa shape index (κ2) is 8.20. The van der Waals surface area contributed by atoms with Gasteiger partial charge in [0, 0.05) is 24.6 Å². The lowest BCUT2D eigenvalue weighted by Gasteiger charge is -2.19. The van der Waals surface area contributed by atoms with Crippen LogP contribution in [0.5, 0.6) is 23.0 Å². The van der Waals surface area contributed by atoms with E-state index in [0.717, 1.165) is 12.2 Å². The van der Waals surface area contributed by atoms with Crippen LogP contribution in [-0.2, 0) is 0 Å². The number of hydrogen-bond donors (Lipinski definition) is 0. The van der Waals surface area contributed by atoms with Crippen molar-refractivity contribution in [3.63, 3.8) is 0 Å². The number of amides is 1. The highest BCUT2D eigenvalue weighted by Crippen LogP contribution is 2.39. The molecule has 1 aliphatic rings. The van der Waals surface area contributed by atoms with Gasteiger partial charge in [0.1, 0.15) is 5.75 Å². The Hall–Kier alpha value is -2.89. The van der Waals surface area contributed by atoms with Gasteiger partial charge < -0.3 is 23.8 Å². The summed E-state index contributed by atoms with van der Waals surface area (Å²) < 4.78 is 21.3. The number of methoxy groups -OCH3 is 4. The Labute approximate surface area is 159 Å². The van der Waals surface area contributed by atoms with Crippen LogP contribution in [0.2, 0.25) is 0 Å². The summed E-state index contributed by atoms with van der Waals surface area (Å²) in [5.74, 6) is 2.56. The Kier molecular flexibility index (Phi) is 5.74. The third-order valence-electron chi connectivity index (χ3n) is 4.97. The molecule has 3 rings (SSSR count). The Balaban J connectivity index is 1.78. The SMILES string of the molecule is COc1ccc(C2CCN(C(=O)c3cc(OC)c(OC)c(OC)c3)C2)cc1. The maximum atomic E-state index is 13.0. The lowest BCUT2D eigenvalue weighted by molar-refractivity contribution is 0.0790. The topological polar surface area (TPSA) is 57.2 Å². The smallest absolute Gasteiger partial charge is 0.254 e. The first kappa shape index (κ1) is 18.9. The molecule has 0 spiro atoms. The number of rotatable bonds is 6. The van der Waals surface area contributed by atoms with Gasteiger partial charge in [-0.25, -0.2) is 0 Å². The van der Waals surface area contributed by atoms with Crippen LogP contribution in [0.1, 0.15) is 28.3 Å². The maximum absolute atomic E-state index is 13.0. The van der Waals surface area contributed by atoms with Gasteiger partial charge in [-0.1, -0.05) is 12.1 Å². The molecular formula is C21H25NO5. The van der Waals surface area contributed by atoms with Crippen LogP contribution in [-0.4, -0.2) is 52.3 Å². The average Bonchev–Trinajstić information content (AvgIpc) is 3.22. The van der Waals surface area contributed by atoms with E-state index < -0.39 is 0 Å². The summed E-state index contributed by atoms with van der Waals surface area (Å²) in [6.45, 7) is 1.40. The number of carbonyl (C=O) groups excluding carboxylic acids is 1. The van der Waals surface area contributed by atoms with Gasteiger partial charge in [0.25, 0.3) is 5.91 Å². The first-order valence-corrected chi connectivity index (χ1v) is 8.84. The highest BCUT2D eigenvalue weighted by Gasteiger charge is 2.29. The quantitative estimate of drug-likeness (QED) is 0.779. The Morgan fingerprint density at radius 3 is 2.07 bits per heavy atom. The van der Waals surface area contributed by atoms with E-state index in [1.807, 2.05) is 17.0 Å². The van der Waals surface area contributed by atoms with Gasteiger partial charge in [-0.3, -0.25) is 4.79 Å². The van der Waals surface area contributed by atoms with Crippen LogP contribution in [0.15, 0.2) is 36.4 Å². The summed E-state index contributed by atoms with van der Waals surface area (Å²) in [7, 11) is 6.28. The van der Waals surface area contributed by atoms with E-state index in [9.17, 15) is 4.79 Å². The molecular weight excluding hydrogens is 346 g/mol. The van der Waals surface area contributed by atoms with E-state index in [1.165, 1.54) is 5.56 Å². The summed E-state index contributed by atoms with van der Waals surface area (Å²) in [5.41, 5.74) is 1.75. The van der Waals surface area contributed by atoms with Crippen molar-refractivity contribution in [3.8, 4) is 23.0 Å². The normalized spacial score (nSPS) is 16.1. The van der Waals surface area contributed by atoms with Crippen molar-refractivity contribution >= 4 is 5.91 Å². The van der Waals surface area contributed by atoms with Gasteiger partial charge >= 0.3 is 0 Å². The zero-order valence-corrected chi connectivity index (χ0v) is 16.2. The summed E-state index contributed by atoms with van der Waals surface area (Å²) in [6.07, 6.45) is 0.933. The standard InChI is InChI=1S/C21H25NO5/c1-24-17-7-5-14(6-8-17)15-9-10-22(13-15)21(23)16-11-18(25-2)20(27-4)19(12-16)26-3/h5-8,11-12,15H,9-10,13H2,1-4H3. The van der Waals surface area contributed by atoms with Gasteiger partial charge in [-0.15, -0.1) is 0 Å². The summed E-state index contributed by atoms with van der Waals surface area (Å²) in [5, 5.41) is 0. The molecule has 1 fully saturated rings. The fourth-order valence-electron chi connectivity index (χ4n) is 3.48. The molecule has 1 atom stereocenters. The van der Waals surface area contributed by atoms with E-state index in [2.05, 4.69) is 12.1 Å². The van der Waals surface area contributed by atoms with Crippen LogP contribution in [0.25, 0.3) is 0 Å².